The first-order valence-corrected chi connectivity index (χ1v) is 6.43. The van der Waals surface area contributed by atoms with E-state index in [1.54, 1.807) is 0 Å². The highest BCUT2D eigenvalue weighted by Gasteiger charge is 2.41. The number of hydrogen-bond acceptors (Lipinski definition) is 10. The summed E-state index contributed by atoms with van der Waals surface area (Å²) in [6, 6.07) is 0. The fraction of sp³-hybridized carbons (Fsp3) is 0.714. The molecule has 0 saturated heterocycles. The number of aliphatic hydroxyl groups is 2. The molecule has 0 amide bonds. The molecule has 10 heteroatoms. The molecular weight excluding hydrogens is 328 g/mol. The number of hydrogen-bond donors (Lipinski definition) is 2. The smallest absolute Gasteiger partial charge is 0.303 e. The van der Waals surface area contributed by atoms with Crippen LogP contribution in [0.15, 0.2) is 0 Å². The Morgan fingerprint density at radius 1 is 0.875 bits per heavy atom. The third kappa shape index (κ3) is 8.44. The normalized spacial score (nSPS) is 17.6. The summed E-state index contributed by atoms with van der Waals surface area (Å²) in [5, 5.41) is 19.1. The first-order valence-electron chi connectivity index (χ1n) is 9.26. The lowest BCUT2D eigenvalue weighted by atomic mass is 10.0. The van der Waals surface area contributed by atoms with E-state index in [4.69, 9.17) is 19.7 Å². The van der Waals surface area contributed by atoms with Crippen LogP contribution in [0.2, 0.25) is 0 Å². The summed E-state index contributed by atoms with van der Waals surface area (Å²) in [6.45, 7) is -5.24. The van der Waals surface area contributed by atoms with Crippen LogP contribution >= 0.6 is 0 Å². The lowest BCUT2D eigenvalue weighted by molar-refractivity contribution is -0.200. The zero-order valence-electron chi connectivity index (χ0n) is 16.7. The second kappa shape index (κ2) is 10.6. The molecule has 0 aliphatic rings. The molecule has 24 heavy (non-hydrogen) atoms. The Morgan fingerprint density at radius 3 is 1.88 bits per heavy atom. The maximum absolute atomic E-state index is 11.6. The average Bonchev–Trinajstić information content (AvgIpc) is 2.71. The molecule has 0 fully saturated rings. The summed E-state index contributed by atoms with van der Waals surface area (Å²) in [4.78, 5) is 45.8. The average molecular weight is 354 g/mol. The second-order valence-electron chi connectivity index (χ2n) is 4.37. The minimum absolute atomic E-state index is 0.785. The van der Waals surface area contributed by atoms with Crippen LogP contribution in [-0.2, 0) is 38.1 Å². The minimum atomic E-state index is -1.86. The number of rotatable bonds is 9. The molecule has 0 aliphatic heterocycles. The molecule has 0 aromatic carbocycles. The van der Waals surface area contributed by atoms with Gasteiger partial charge in [0.15, 0.2) is 18.3 Å². The van der Waals surface area contributed by atoms with Crippen molar-refractivity contribution in [1.82, 2.24) is 0 Å². The Hall–Kier alpha value is -2.20. The van der Waals surface area contributed by atoms with Crippen molar-refractivity contribution >= 4 is 23.9 Å². The molecule has 10 nitrogen and oxygen atoms in total. The van der Waals surface area contributed by atoms with Crippen LogP contribution in [0.4, 0.5) is 0 Å². The van der Waals surface area contributed by atoms with Gasteiger partial charge in [-0.15, -0.1) is 0 Å². The fourth-order valence-corrected chi connectivity index (χ4v) is 1.67. The Balaban J connectivity index is 5.88. The molecule has 2 N–H and O–H groups in total. The van der Waals surface area contributed by atoms with Crippen LogP contribution in [0.3, 0.4) is 0 Å². The summed E-state index contributed by atoms with van der Waals surface area (Å²) >= 11 is 0. The number of carbonyl (C=O) groups excluding carboxylic acids is 4. The quantitative estimate of drug-likeness (QED) is 0.378. The van der Waals surface area contributed by atoms with Crippen LogP contribution in [-0.4, -0.2) is 71.7 Å². The van der Waals surface area contributed by atoms with E-state index < -0.39 is 89.1 Å². The molecule has 0 radical (unpaired) electrons. The van der Waals surface area contributed by atoms with Crippen molar-refractivity contribution in [3.8, 4) is 0 Å². The molecule has 0 unspecified atom stereocenters. The van der Waals surface area contributed by atoms with Gasteiger partial charge in [0.05, 0.1) is 6.61 Å². The molecule has 0 spiro atoms. The van der Waals surface area contributed by atoms with E-state index in [1.807, 2.05) is 0 Å². The highest BCUT2D eigenvalue weighted by atomic mass is 16.6. The van der Waals surface area contributed by atoms with Gasteiger partial charge in [-0.25, -0.2) is 0 Å². The van der Waals surface area contributed by atoms with Crippen molar-refractivity contribution in [2.75, 3.05) is 13.2 Å². The van der Waals surface area contributed by atoms with Crippen LogP contribution in [0, 0.1) is 0 Å². The van der Waals surface area contributed by atoms with Crippen molar-refractivity contribution < 1.29 is 53.8 Å². The van der Waals surface area contributed by atoms with Gasteiger partial charge in [0.1, 0.15) is 12.7 Å². The van der Waals surface area contributed by atoms with Gasteiger partial charge in [-0.05, 0) is 0 Å². The molecule has 138 valence electrons. The van der Waals surface area contributed by atoms with E-state index in [9.17, 15) is 29.4 Å². The number of carbonyl (C=O) groups is 4. The van der Waals surface area contributed by atoms with Gasteiger partial charge in [-0.2, -0.15) is 0 Å². The molecular formula is C14H22O10. The predicted molar refractivity (Wildman–Crippen MR) is 76.4 cm³/mol. The van der Waals surface area contributed by atoms with Gasteiger partial charge < -0.3 is 29.2 Å². The van der Waals surface area contributed by atoms with E-state index in [0.29, 0.717) is 0 Å². The van der Waals surface area contributed by atoms with Crippen LogP contribution in [0.1, 0.15) is 33.1 Å². The third-order valence-corrected chi connectivity index (χ3v) is 2.48. The van der Waals surface area contributed by atoms with E-state index in [-0.39, 0.29) is 0 Å². The molecule has 0 heterocycles. The first kappa shape index (κ1) is 15.3. The SMILES string of the molecule is [2H]CC(=O)OC[C@H](OC(=O)C[2H])[C@@H](OC(=O)C[2H])[C@H](OC(=O)C[2H])[C@H](O)CO. The van der Waals surface area contributed by atoms with Gasteiger partial charge in [0, 0.05) is 33.1 Å². The fourth-order valence-electron chi connectivity index (χ4n) is 1.67. The molecule has 0 aromatic heterocycles. The standard InChI is InChI=1S/C14H22O10/c1-7(16)21-6-12(22-8(2)17)14(24-10(4)19)13(11(20)5-15)23-9(3)18/h11-15,20H,5-6H2,1-4H3/t11-,12+,13-,14-/m1/s1/i1D,2D,3D,4D. The van der Waals surface area contributed by atoms with Crippen molar-refractivity contribution in [3.63, 3.8) is 0 Å². The molecule has 0 aliphatic carbocycles. The van der Waals surface area contributed by atoms with Crippen molar-refractivity contribution in [2.24, 2.45) is 0 Å². The van der Waals surface area contributed by atoms with Gasteiger partial charge in [-0.3, -0.25) is 19.2 Å². The largest absolute Gasteiger partial charge is 0.462 e. The lowest BCUT2D eigenvalue weighted by Gasteiger charge is -2.33. The van der Waals surface area contributed by atoms with Gasteiger partial charge in [-0.1, -0.05) is 0 Å². The van der Waals surface area contributed by atoms with Gasteiger partial charge in [0.25, 0.3) is 0 Å². The molecule has 0 aromatic rings. The van der Waals surface area contributed by atoms with Crippen LogP contribution in [0.5, 0.6) is 0 Å². The highest BCUT2D eigenvalue weighted by molar-refractivity contribution is 5.68. The van der Waals surface area contributed by atoms with Gasteiger partial charge >= 0.3 is 23.9 Å². The number of esters is 4. The maximum atomic E-state index is 11.6. The topological polar surface area (TPSA) is 146 Å². The summed E-state index contributed by atoms with van der Waals surface area (Å²) < 4.78 is 47.1. The monoisotopic (exact) mass is 354 g/mol. The van der Waals surface area contributed by atoms with Crippen molar-refractivity contribution in [3.05, 3.63) is 0 Å². The molecule has 0 saturated carbocycles. The summed E-state index contributed by atoms with van der Waals surface area (Å²) in [7, 11) is 0. The number of ether oxygens (including phenoxy) is 4. The van der Waals surface area contributed by atoms with E-state index in [2.05, 4.69) is 4.74 Å². The van der Waals surface area contributed by atoms with Crippen molar-refractivity contribution in [1.29, 1.82) is 0 Å². The number of aliphatic hydroxyl groups excluding tert-OH is 2. The lowest BCUT2D eigenvalue weighted by Crippen LogP contribution is -2.52. The zero-order valence-corrected chi connectivity index (χ0v) is 12.7. The van der Waals surface area contributed by atoms with E-state index >= 15 is 0 Å². The maximum Gasteiger partial charge on any atom is 0.303 e. The Bertz CT molecular complexity index is 532. The minimum Gasteiger partial charge on any atom is -0.462 e. The second-order valence-corrected chi connectivity index (χ2v) is 4.37. The molecule has 4 atom stereocenters. The van der Waals surface area contributed by atoms with Crippen LogP contribution in [0.25, 0.3) is 0 Å². The Kier molecular flexibility index (Phi) is 6.74. The Labute approximate surface area is 144 Å². The van der Waals surface area contributed by atoms with E-state index in [1.165, 1.54) is 0 Å². The van der Waals surface area contributed by atoms with E-state index in [0.717, 1.165) is 0 Å². The third-order valence-electron chi connectivity index (χ3n) is 2.48. The molecule has 0 rings (SSSR count). The Morgan fingerprint density at radius 2 is 1.38 bits per heavy atom. The van der Waals surface area contributed by atoms with Gasteiger partial charge in [0.2, 0.25) is 0 Å². The van der Waals surface area contributed by atoms with Crippen LogP contribution < -0.4 is 0 Å². The summed E-state index contributed by atoms with van der Waals surface area (Å²) in [5.74, 6) is -4.57. The summed E-state index contributed by atoms with van der Waals surface area (Å²) in [5.41, 5.74) is 0. The van der Waals surface area contributed by atoms with Crippen molar-refractivity contribution in [2.45, 2.75) is 52.0 Å². The first-order chi connectivity index (χ1) is 13.2. The zero-order chi connectivity index (χ0) is 21.7. The summed E-state index contributed by atoms with van der Waals surface area (Å²) in [6.07, 6.45) is -7.25. The highest BCUT2D eigenvalue weighted by Crippen LogP contribution is 2.18. The molecule has 0 bridgehead atoms. The predicted octanol–water partition coefficient (Wildman–Crippen LogP) is -1.30.